The fraction of sp³-hybridized carbons (Fsp3) is 0.333. The maximum absolute atomic E-state index is 12.8. The van der Waals surface area contributed by atoms with Crippen LogP contribution < -0.4 is 10.6 Å². The summed E-state index contributed by atoms with van der Waals surface area (Å²) in [5.74, 6) is -0.776. The smallest absolute Gasteiger partial charge is 0.270 e. The molecule has 0 radical (unpaired) electrons. The van der Waals surface area contributed by atoms with Crippen LogP contribution in [0.15, 0.2) is 42.5 Å². The van der Waals surface area contributed by atoms with Crippen molar-refractivity contribution in [2.45, 2.75) is 44.6 Å². The Morgan fingerprint density at radius 1 is 0.966 bits per heavy atom. The summed E-state index contributed by atoms with van der Waals surface area (Å²) in [6.45, 7) is 0. The number of rotatable bonds is 5. The van der Waals surface area contributed by atoms with Crippen molar-refractivity contribution in [3.8, 4) is 0 Å². The molecule has 2 aromatic carbocycles. The summed E-state index contributed by atoms with van der Waals surface area (Å²) in [6, 6.07) is 10.5. The van der Waals surface area contributed by atoms with E-state index in [-0.39, 0.29) is 28.2 Å². The van der Waals surface area contributed by atoms with Crippen LogP contribution in [0.4, 0.5) is 11.4 Å². The van der Waals surface area contributed by atoms with E-state index in [0.717, 1.165) is 31.7 Å². The lowest BCUT2D eigenvalue weighted by Gasteiger charge is -2.18. The normalized spacial score (nSPS) is 14.7. The predicted octanol–water partition coefficient (Wildman–Crippen LogP) is 4.95. The van der Waals surface area contributed by atoms with Crippen LogP contribution in [0.1, 0.15) is 59.2 Å². The molecule has 2 amide bonds. The number of hydrogen-bond acceptors (Lipinski definition) is 4. The lowest BCUT2D eigenvalue weighted by molar-refractivity contribution is -0.384. The molecule has 7 nitrogen and oxygen atoms in total. The molecule has 1 aliphatic rings. The average molecular weight is 416 g/mol. The molecule has 1 aliphatic carbocycles. The number of carbonyl (C=O) groups is 2. The number of hydrogen-bond donors (Lipinski definition) is 2. The Bertz CT molecular complexity index is 924. The van der Waals surface area contributed by atoms with Crippen molar-refractivity contribution in [3.63, 3.8) is 0 Å². The van der Waals surface area contributed by atoms with Crippen molar-refractivity contribution in [2.75, 3.05) is 5.32 Å². The molecule has 152 valence electrons. The molecule has 0 unspecified atom stereocenters. The number of non-ortho nitro benzene ring substituents is 1. The van der Waals surface area contributed by atoms with Gasteiger partial charge in [-0.25, -0.2) is 0 Å². The van der Waals surface area contributed by atoms with Gasteiger partial charge in [-0.1, -0.05) is 49.4 Å². The Labute approximate surface area is 173 Å². The monoisotopic (exact) mass is 415 g/mol. The van der Waals surface area contributed by atoms with Crippen molar-refractivity contribution >= 4 is 34.8 Å². The molecule has 1 saturated carbocycles. The van der Waals surface area contributed by atoms with E-state index >= 15 is 0 Å². The van der Waals surface area contributed by atoms with Crippen LogP contribution in [-0.2, 0) is 0 Å². The minimum atomic E-state index is -0.583. The molecule has 2 N–H and O–H groups in total. The van der Waals surface area contributed by atoms with E-state index in [0.29, 0.717) is 11.3 Å². The molecule has 0 aliphatic heterocycles. The zero-order valence-electron chi connectivity index (χ0n) is 15.8. The van der Waals surface area contributed by atoms with Crippen LogP contribution in [0.2, 0.25) is 5.02 Å². The first-order valence-electron chi connectivity index (χ1n) is 9.61. The Morgan fingerprint density at radius 2 is 1.66 bits per heavy atom. The molecule has 0 bridgehead atoms. The molecule has 0 aromatic heterocycles. The van der Waals surface area contributed by atoms with Gasteiger partial charge in [0.2, 0.25) is 0 Å². The number of anilines is 1. The second-order valence-corrected chi connectivity index (χ2v) is 7.49. The van der Waals surface area contributed by atoms with Crippen molar-refractivity contribution in [1.82, 2.24) is 5.32 Å². The number of carbonyl (C=O) groups excluding carboxylic acids is 2. The fourth-order valence-corrected chi connectivity index (χ4v) is 3.73. The highest BCUT2D eigenvalue weighted by Gasteiger charge is 2.20. The van der Waals surface area contributed by atoms with Crippen molar-refractivity contribution in [1.29, 1.82) is 0 Å². The second kappa shape index (κ2) is 9.52. The predicted molar refractivity (Wildman–Crippen MR) is 111 cm³/mol. The van der Waals surface area contributed by atoms with Gasteiger partial charge < -0.3 is 10.6 Å². The van der Waals surface area contributed by atoms with Crippen LogP contribution in [0.25, 0.3) is 0 Å². The average Bonchev–Trinajstić information content (AvgIpc) is 2.96. The minimum Gasteiger partial charge on any atom is -0.349 e. The fourth-order valence-electron chi connectivity index (χ4n) is 3.47. The van der Waals surface area contributed by atoms with Crippen LogP contribution in [-0.4, -0.2) is 22.8 Å². The van der Waals surface area contributed by atoms with E-state index in [2.05, 4.69) is 10.6 Å². The third kappa shape index (κ3) is 5.32. The van der Waals surface area contributed by atoms with Gasteiger partial charge in [-0.3, -0.25) is 19.7 Å². The van der Waals surface area contributed by atoms with Crippen LogP contribution in [0, 0.1) is 10.1 Å². The Kier molecular flexibility index (Phi) is 6.82. The Hall–Kier alpha value is -2.93. The third-order valence-corrected chi connectivity index (χ3v) is 5.33. The molecule has 0 saturated heterocycles. The van der Waals surface area contributed by atoms with Gasteiger partial charge in [0.15, 0.2) is 0 Å². The molecule has 0 spiro atoms. The minimum absolute atomic E-state index is 0.0305. The standard InChI is InChI=1S/C21H22ClN3O4/c22-18-13-15(25(28)29)11-12-16(18)20(26)24-19-10-6-5-9-17(19)21(27)23-14-7-3-1-2-4-8-14/h5-6,9-14H,1-4,7-8H2,(H,23,27)(H,24,26). The summed E-state index contributed by atoms with van der Waals surface area (Å²) in [6.07, 6.45) is 6.49. The number of para-hydroxylation sites is 1. The van der Waals surface area contributed by atoms with Gasteiger partial charge in [0.05, 0.1) is 26.8 Å². The van der Waals surface area contributed by atoms with E-state index < -0.39 is 10.8 Å². The van der Waals surface area contributed by atoms with Gasteiger partial charge in [0.25, 0.3) is 17.5 Å². The number of nitrogens with zero attached hydrogens (tertiary/aromatic N) is 1. The van der Waals surface area contributed by atoms with Gasteiger partial charge in [0, 0.05) is 18.2 Å². The summed E-state index contributed by atoms with van der Waals surface area (Å²) in [5.41, 5.74) is 0.618. The van der Waals surface area contributed by atoms with Crippen LogP contribution in [0.3, 0.4) is 0 Å². The van der Waals surface area contributed by atoms with Crippen LogP contribution in [0.5, 0.6) is 0 Å². The van der Waals surface area contributed by atoms with E-state index in [1.165, 1.54) is 25.0 Å². The molecule has 0 atom stereocenters. The largest absolute Gasteiger partial charge is 0.349 e. The highest BCUT2D eigenvalue weighted by molar-refractivity contribution is 6.34. The SMILES string of the molecule is O=C(Nc1ccccc1C(=O)NC1CCCCCC1)c1ccc([N+](=O)[O-])cc1Cl. The van der Waals surface area contributed by atoms with Gasteiger partial charge >= 0.3 is 0 Å². The lowest BCUT2D eigenvalue weighted by Crippen LogP contribution is -2.35. The van der Waals surface area contributed by atoms with Gasteiger partial charge in [-0.2, -0.15) is 0 Å². The Morgan fingerprint density at radius 3 is 2.31 bits per heavy atom. The zero-order valence-corrected chi connectivity index (χ0v) is 16.6. The lowest BCUT2D eigenvalue weighted by atomic mass is 10.1. The number of benzene rings is 2. The molecular formula is C21H22ClN3O4. The molecule has 0 heterocycles. The maximum Gasteiger partial charge on any atom is 0.270 e. The summed E-state index contributed by atoms with van der Waals surface area (Å²) in [7, 11) is 0. The molecule has 29 heavy (non-hydrogen) atoms. The number of amides is 2. The zero-order chi connectivity index (χ0) is 20.8. The van der Waals surface area contributed by atoms with Crippen LogP contribution >= 0.6 is 11.6 Å². The highest BCUT2D eigenvalue weighted by atomic mass is 35.5. The summed E-state index contributed by atoms with van der Waals surface area (Å²) in [4.78, 5) is 35.7. The van der Waals surface area contributed by atoms with Crippen molar-refractivity contribution in [3.05, 3.63) is 68.7 Å². The van der Waals surface area contributed by atoms with Crippen molar-refractivity contribution in [2.24, 2.45) is 0 Å². The first-order valence-corrected chi connectivity index (χ1v) is 9.98. The van der Waals surface area contributed by atoms with Crippen molar-refractivity contribution < 1.29 is 14.5 Å². The summed E-state index contributed by atoms with van der Waals surface area (Å²) < 4.78 is 0. The maximum atomic E-state index is 12.8. The van der Waals surface area contributed by atoms with E-state index in [4.69, 9.17) is 11.6 Å². The second-order valence-electron chi connectivity index (χ2n) is 7.08. The quantitative estimate of drug-likeness (QED) is 0.409. The molecular weight excluding hydrogens is 394 g/mol. The molecule has 8 heteroatoms. The van der Waals surface area contributed by atoms with E-state index in [9.17, 15) is 19.7 Å². The van der Waals surface area contributed by atoms with E-state index in [1.54, 1.807) is 24.3 Å². The van der Waals surface area contributed by atoms with Gasteiger partial charge in [-0.05, 0) is 31.0 Å². The molecule has 2 aromatic rings. The number of nitro groups is 1. The van der Waals surface area contributed by atoms with Gasteiger partial charge in [0.1, 0.15) is 0 Å². The number of nitrogens with one attached hydrogen (secondary N) is 2. The third-order valence-electron chi connectivity index (χ3n) is 5.02. The molecule has 3 rings (SSSR count). The van der Waals surface area contributed by atoms with Gasteiger partial charge in [-0.15, -0.1) is 0 Å². The van der Waals surface area contributed by atoms with E-state index in [1.807, 2.05) is 0 Å². The first-order chi connectivity index (χ1) is 14.0. The number of nitro benzene ring substituents is 1. The summed E-state index contributed by atoms with van der Waals surface area (Å²) in [5, 5.41) is 16.6. The summed E-state index contributed by atoms with van der Waals surface area (Å²) >= 11 is 6.04. The highest BCUT2D eigenvalue weighted by Crippen LogP contribution is 2.25. The Balaban J connectivity index is 1.75. The first kappa shape index (κ1) is 20.8. The molecule has 1 fully saturated rings. The number of halogens is 1. The topological polar surface area (TPSA) is 101 Å².